The van der Waals surface area contributed by atoms with Crippen LogP contribution >= 0.6 is 0 Å². The Labute approximate surface area is 104 Å². The van der Waals surface area contributed by atoms with E-state index in [2.05, 4.69) is 11.8 Å². The Morgan fingerprint density at radius 1 is 1.06 bits per heavy atom. The molecule has 0 N–H and O–H groups in total. The van der Waals surface area contributed by atoms with Crippen LogP contribution in [-0.4, -0.2) is 56.7 Å². The lowest BCUT2D eigenvalue weighted by molar-refractivity contribution is -0.182. The molecule has 1 unspecified atom stereocenters. The van der Waals surface area contributed by atoms with Crippen molar-refractivity contribution in [3.8, 4) is 0 Å². The molecule has 17 heavy (non-hydrogen) atoms. The normalized spacial score (nSPS) is 26.8. The van der Waals surface area contributed by atoms with E-state index in [0.29, 0.717) is 6.10 Å². The molecule has 2 aliphatic rings. The van der Waals surface area contributed by atoms with E-state index < -0.39 is 0 Å². The summed E-state index contributed by atoms with van der Waals surface area (Å²) in [5.41, 5.74) is 0. The SMILES string of the molecule is CCN(CCC1OCCCO1)CC1CCCO1. The molecule has 100 valence electrons. The fourth-order valence-corrected chi connectivity index (χ4v) is 2.45. The predicted molar refractivity (Wildman–Crippen MR) is 66.0 cm³/mol. The van der Waals surface area contributed by atoms with Crippen molar-refractivity contribution in [1.29, 1.82) is 0 Å². The van der Waals surface area contributed by atoms with Gasteiger partial charge in [-0.1, -0.05) is 6.92 Å². The van der Waals surface area contributed by atoms with Gasteiger partial charge in [0.1, 0.15) is 0 Å². The zero-order valence-corrected chi connectivity index (χ0v) is 10.9. The van der Waals surface area contributed by atoms with Gasteiger partial charge in [0.2, 0.25) is 0 Å². The van der Waals surface area contributed by atoms with Crippen LogP contribution in [0.1, 0.15) is 32.6 Å². The third-order valence-corrected chi connectivity index (χ3v) is 3.51. The number of nitrogens with zero attached hydrogens (tertiary/aromatic N) is 1. The summed E-state index contributed by atoms with van der Waals surface area (Å²) in [5, 5.41) is 0. The second-order valence-electron chi connectivity index (χ2n) is 4.84. The maximum atomic E-state index is 5.67. The van der Waals surface area contributed by atoms with Crippen LogP contribution in [0.3, 0.4) is 0 Å². The predicted octanol–water partition coefficient (Wildman–Crippen LogP) is 1.64. The van der Waals surface area contributed by atoms with Crippen molar-refractivity contribution in [1.82, 2.24) is 4.90 Å². The smallest absolute Gasteiger partial charge is 0.158 e. The molecule has 0 bridgehead atoms. The minimum Gasteiger partial charge on any atom is -0.377 e. The molecule has 2 aliphatic heterocycles. The first-order valence-corrected chi connectivity index (χ1v) is 6.95. The van der Waals surface area contributed by atoms with Gasteiger partial charge in [-0.3, -0.25) is 0 Å². The van der Waals surface area contributed by atoms with Gasteiger partial charge in [-0.05, 0) is 25.8 Å². The molecule has 2 heterocycles. The average molecular weight is 243 g/mol. The summed E-state index contributed by atoms with van der Waals surface area (Å²) in [4.78, 5) is 2.44. The molecule has 0 aromatic rings. The van der Waals surface area contributed by atoms with Crippen molar-refractivity contribution in [3.05, 3.63) is 0 Å². The van der Waals surface area contributed by atoms with Crippen LogP contribution < -0.4 is 0 Å². The first-order chi connectivity index (χ1) is 8.38. The highest BCUT2D eigenvalue weighted by Gasteiger charge is 2.20. The summed E-state index contributed by atoms with van der Waals surface area (Å²) in [6, 6.07) is 0. The van der Waals surface area contributed by atoms with E-state index in [-0.39, 0.29) is 6.29 Å². The summed E-state index contributed by atoms with van der Waals surface area (Å²) < 4.78 is 16.8. The molecular weight excluding hydrogens is 218 g/mol. The Hall–Kier alpha value is -0.160. The van der Waals surface area contributed by atoms with E-state index in [0.717, 1.165) is 52.3 Å². The quantitative estimate of drug-likeness (QED) is 0.709. The molecule has 4 heteroatoms. The van der Waals surface area contributed by atoms with Gasteiger partial charge in [0.05, 0.1) is 19.3 Å². The van der Waals surface area contributed by atoms with Gasteiger partial charge in [-0.15, -0.1) is 0 Å². The van der Waals surface area contributed by atoms with Gasteiger partial charge >= 0.3 is 0 Å². The third kappa shape index (κ3) is 4.54. The van der Waals surface area contributed by atoms with E-state index in [9.17, 15) is 0 Å². The van der Waals surface area contributed by atoms with E-state index in [4.69, 9.17) is 14.2 Å². The fourth-order valence-electron chi connectivity index (χ4n) is 2.45. The van der Waals surface area contributed by atoms with Crippen LogP contribution in [0.15, 0.2) is 0 Å². The molecule has 0 saturated carbocycles. The monoisotopic (exact) mass is 243 g/mol. The van der Waals surface area contributed by atoms with Crippen molar-refractivity contribution < 1.29 is 14.2 Å². The number of ether oxygens (including phenoxy) is 3. The van der Waals surface area contributed by atoms with E-state index in [1.54, 1.807) is 0 Å². The molecule has 0 aromatic heterocycles. The van der Waals surface area contributed by atoms with Gasteiger partial charge in [-0.25, -0.2) is 0 Å². The Bertz CT molecular complexity index is 201. The Balaban J connectivity index is 1.63. The highest BCUT2D eigenvalue weighted by molar-refractivity contribution is 4.70. The first kappa shape index (κ1) is 13.3. The molecule has 0 radical (unpaired) electrons. The van der Waals surface area contributed by atoms with Crippen LogP contribution in [-0.2, 0) is 14.2 Å². The van der Waals surface area contributed by atoms with Crippen molar-refractivity contribution in [2.24, 2.45) is 0 Å². The van der Waals surface area contributed by atoms with Gasteiger partial charge in [0, 0.05) is 26.1 Å². The van der Waals surface area contributed by atoms with Crippen LogP contribution in [0, 0.1) is 0 Å². The lowest BCUT2D eigenvalue weighted by atomic mass is 10.2. The first-order valence-electron chi connectivity index (χ1n) is 6.95. The van der Waals surface area contributed by atoms with Gasteiger partial charge < -0.3 is 19.1 Å². The summed E-state index contributed by atoms with van der Waals surface area (Å²) in [6.07, 6.45) is 4.90. The van der Waals surface area contributed by atoms with Crippen molar-refractivity contribution in [2.45, 2.75) is 45.0 Å². The Kier molecular flexibility index (Phi) is 5.71. The van der Waals surface area contributed by atoms with Gasteiger partial charge in [0.25, 0.3) is 0 Å². The molecule has 0 aliphatic carbocycles. The second kappa shape index (κ2) is 7.31. The molecular formula is C13H25NO3. The molecule has 0 aromatic carbocycles. The van der Waals surface area contributed by atoms with Gasteiger partial charge in [0.15, 0.2) is 6.29 Å². The summed E-state index contributed by atoms with van der Waals surface area (Å²) in [7, 11) is 0. The third-order valence-electron chi connectivity index (χ3n) is 3.51. The Morgan fingerprint density at radius 2 is 1.82 bits per heavy atom. The van der Waals surface area contributed by atoms with Crippen molar-refractivity contribution in [3.63, 3.8) is 0 Å². The minimum atomic E-state index is 0.0160. The summed E-state index contributed by atoms with van der Waals surface area (Å²) in [6.45, 7) is 8.02. The second-order valence-corrected chi connectivity index (χ2v) is 4.84. The summed E-state index contributed by atoms with van der Waals surface area (Å²) >= 11 is 0. The fraction of sp³-hybridized carbons (Fsp3) is 1.00. The lowest BCUT2D eigenvalue weighted by Crippen LogP contribution is -2.36. The van der Waals surface area contributed by atoms with E-state index in [1.165, 1.54) is 12.8 Å². The summed E-state index contributed by atoms with van der Waals surface area (Å²) in [5.74, 6) is 0. The Morgan fingerprint density at radius 3 is 2.47 bits per heavy atom. The number of rotatable bonds is 6. The zero-order valence-electron chi connectivity index (χ0n) is 10.9. The largest absolute Gasteiger partial charge is 0.377 e. The zero-order chi connectivity index (χ0) is 11.9. The van der Waals surface area contributed by atoms with Crippen LogP contribution in [0.4, 0.5) is 0 Å². The molecule has 0 amide bonds. The highest BCUT2D eigenvalue weighted by atomic mass is 16.7. The standard InChI is InChI=1S/C13H25NO3/c1-2-14(11-12-5-3-8-15-12)7-6-13-16-9-4-10-17-13/h12-13H,2-11H2,1H3. The molecule has 1 atom stereocenters. The molecule has 2 rings (SSSR count). The minimum absolute atomic E-state index is 0.0160. The molecule has 0 spiro atoms. The molecule has 2 saturated heterocycles. The topological polar surface area (TPSA) is 30.9 Å². The lowest BCUT2D eigenvalue weighted by Gasteiger charge is -2.28. The van der Waals surface area contributed by atoms with Crippen LogP contribution in [0.2, 0.25) is 0 Å². The van der Waals surface area contributed by atoms with Crippen molar-refractivity contribution >= 4 is 0 Å². The number of likely N-dealkylation sites (N-methyl/N-ethyl adjacent to an activating group) is 1. The molecule has 4 nitrogen and oxygen atoms in total. The van der Waals surface area contributed by atoms with E-state index in [1.807, 2.05) is 0 Å². The maximum Gasteiger partial charge on any atom is 0.158 e. The van der Waals surface area contributed by atoms with E-state index >= 15 is 0 Å². The molecule has 2 fully saturated rings. The van der Waals surface area contributed by atoms with Gasteiger partial charge in [-0.2, -0.15) is 0 Å². The average Bonchev–Trinajstić information content (AvgIpc) is 2.88. The van der Waals surface area contributed by atoms with Crippen LogP contribution in [0.25, 0.3) is 0 Å². The highest BCUT2D eigenvalue weighted by Crippen LogP contribution is 2.14. The number of hydrogen-bond donors (Lipinski definition) is 0. The van der Waals surface area contributed by atoms with Crippen LogP contribution in [0.5, 0.6) is 0 Å². The van der Waals surface area contributed by atoms with Crippen molar-refractivity contribution in [2.75, 3.05) is 39.5 Å². The maximum absolute atomic E-state index is 5.67. The number of hydrogen-bond acceptors (Lipinski definition) is 4.